The monoisotopic (exact) mass is 302 g/mol. The minimum Gasteiger partial charge on any atom is -0.301 e. The van der Waals surface area contributed by atoms with E-state index >= 15 is 0 Å². The summed E-state index contributed by atoms with van der Waals surface area (Å²) in [4.78, 5) is 4.77. The maximum Gasteiger partial charge on any atom is 0.156 e. The van der Waals surface area contributed by atoms with Gasteiger partial charge in [0.25, 0.3) is 0 Å². The molecule has 2 heterocycles. The first-order valence-electron chi connectivity index (χ1n) is 6.68. The highest BCUT2D eigenvalue weighted by Crippen LogP contribution is 2.34. The number of imidazole rings is 1. The summed E-state index contributed by atoms with van der Waals surface area (Å²) in [7, 11) is 0. The summed E-state index contributed by atoms with van der Waals surface area (Å²) >= 11 is 12.4. The second-order valence-corrected chi connectivity index (χ2v) is 5.96. The fraction of sp³-hybridized carbons (Fsp3) is 0.188. The molecular formula is C16H12Cl2N2. The molecule has 2 nitrogen and oxygen atoms in total. The molecule has 0 radical (unpaired) electrons. The van der Waals surface area contributed by atoms with E-state index in [0.717, 1.165) is 30.6 Å². The van der Waals surface area contributed by atoms with Crippen molar-refractivity contribution < 1.29 is 0 Å². The molecule has 0 spiro atoms. The Kier molecular flexibility index (Phi) is 2.76. The fourth-order valence-corrected chi connectivity index (χ4v) is 3.50. The quantitative estimate of drug-likeness (QED) is 0.583. The molecule has 0 bridgehead atoms. The third-order valence-electron chi connectivity index (χ3n) is 3.87. The van der Waals surface area contributed by atoms with E-state index in [1.807, 2.05) is 10.6 Å². The van der Waals surface area contributed by atoms with Crippen LogP contribution >= 0.6 is 23.2 Å². The van der Waals surface area contributed by atoms with Gasteiger partial charge in [0.15, 0.2) is 5.65 Å². The van der Waals surface area contributed by atoms with Gasteiger partial charge >= 0.3 is 0 Å². The number of fused-ring (bicyclic) bond motifs is 5. The molecule has 1 aliphatic rings. The Bertz CT molecular complexity index is 821. The summed E-state index contributed by atoms with van der Waals surface area (Å²) in [6.45, 7) is 0. The number of halogens is 2. The third-order valence-corrected chi connectivity index (χ3v) is 4.36. The molecule has 100 valence electrons. The number of hydrogen-bond donors (Lipinski definition) is 0. The average molecular weight is 303 g/mol. The molecule has 1 aliphatic carbocycles. The maximum atomic E-state index is 6.28. The predicted octanol–water partition coefficient (Wildman–Crippen LogP) is 4.80. The molecule has 2 aromatic heterocycles. The van der Waals surface area contributed by atoms with Gasteiger partial charge in [-0.05, 0) is 30.9 Å². The summed E-state index contributed by atoms with van der Waals surface area (Å²) < 4.78 is 2.04. The van der Waals surface area contributed by atoms with E-state index in [1.165, 1.54) is 16.8 Å². The minimum atomic E-state index is 0.600. The van der Waals surface area contributed by atoms with Crippen LogP contribution in [0.5, 0.6) is 0 Å². The topological polar surface area (TPSA) is 17.3 Å². The predicted molar refractivity (Wildman–Crippen MR) is 82.7 cm³/mol. The highest BCUT2D eigenvalue weighted by molar-refractivity contribution is 6.36. The summed E-state index contributed by atoms with van der Waals surface area (Å²) in [6.07, 6.45) is 5.09. The highest BCUT2D eigenvalue weighted by atomic mass is 35.5. The van der Waals surface area contributed by atoms with Crippen molar-refractivity contribution in [3.8, 4) is 11.3 Å². The van der Waals surface area contributed by atoms with E-state index in [0.29, 0.717) is 10.0 Å². The first-order valence-corrected chi connectivity index (χ1v) is 7.44. The van der Waals surface area contributed by atoms with Crippen molar-refractivity contribution in [3.63, 3.8) is 0 Å². The van der Waals surface area contributed by atoms with E-state index < -0.39 is 0 Å². The van der Waals surface area contributed by atoms with Crippen LogP contribution in [-0.4, -0.2) is 9.38 Å². The van der Waals surface area contributed by atoms with Crippen LogP contribution in [-0.2, 0) is 12.8 Å². The largest absolute Gasteiger partial charge is 0.301 e. The molecule has 1 aromatic carbocycles. The molecule has 0 saturated heterocycles. The molecule has 0 aliphatic heterocycles. The van der Waals surface area contributed by atoms with Crippen molar-refractivity contribution in [2.75, 3.05) is 0 Å². The Morgan fingerprint density at radius 1 is 1.10 bits per heavy atom. The zero-order valence-corrected chi connectivity index (χ0v) is 12.2. The molecule has 0 fully saturated rings. The van der Waals surface area contributed by atoms with Crippen LogP contribution in [0, 0.1) is 0 Å². The van der Waals surface area contributed by atoms with Gasteiger partial charge in [0.05, 0.1) is 21.4 Å². The van der Waals surface area contributed by atoms with Gasteiger partial charge in [0, 0.05) is 11.8 Å². The first-order chi connectivity index (χ1) is 9.74. The average Bonchev–Trinajstić information content (AvgIpc) is 2.69. The zero-order chi connectivity index (χ0) is 13.7. The van der Waals surface area contributed by atoms with E-state index in [1.54, 1.807) is 6.07 Å². The number of benzene rings is 1. The van der Waals surface area contributed by atoms with Gasteiger partial charge in [-0.2, -0.15) is 0 Å². The Morgan fingerprint density at radius 2 is 1.95 bits per heavy atom. The lowest BCUT2D eigenvalue weighted by Crippen LogP contribution is -1.94. The second kappa shape index (κ2) is 4.51. The molecule has 0 saturated carbocycles. The van der Waals surface area contributed by atoms with Gasteiger partial charge in [0.1, 0.15) is 0 Å². The van der Waals surface area contributed by atoms with Crippen LogP contribution < -0.4 is 0 Å². The SMILES string of the molecule is Clc1cc(Cl)c2nc3c(n2c1)CCCc1ccccc1-3. The van der Waals surface area contributed by atoms with Gasteiger partial charge in [-0.15, -0.1) is 0 Å². The Labute approximate surface area is 127 Å². The van der Waals surface area contributed by atoms with Crippen molar-refractivity contribution in [1.29, 1.82) is 0 Å². The van der Waals surface area contributed by atoms with Crippen molar-refractivity contribution in [2.24, 2.45) is 0 Å². The fourth-order valence-electron chi connectivity index (χ4n) is 2.99. The number of hydrogen-bond acceptors (Lipinski definition) is 1. The van der Waals surface area contributed by atoms with Crippen LogP contribution in [0.1, 0.15) is 17.7 Å². The van der Waals surface area contributed by atoms with E-state index in [9.17, 15) is 0 Å². The third kappa shape index (κ3) is 1.75. The zero-order valence-electron chi connectivity index (χ0n) is 10.7. The number of aryl methyl sites for hydroxylation is 2. The summed E-state index contributed by atoms with van der Waals surface area (Å²) in [5.74, 6) is 0. The van der Waals surface area contributed by atoms with Gasteiger partial charge in [0.2, 0.25) is 0 Å². The Hall–Kier alpha value is -1.51. The number of rotatable bonds is 0. The first kappa shape index (κ1) is 12.2. The van der Waals surface area contributed by atoms with Gasteiger partial charge in [-0.3, -0.25) is 0 Å². The molecular weight excluding hydrogens is 291 g/mol. The molecule has 4 heteroatoms. The van der Waals surface area contributed by atoms with E-state index in [2.05, 4.69) is 24.3 Å². The van der Waals surface area contributed by atoms with Crippen molar-refractivity contribution in [3.05, 3.63) is 57.8 Å². The summed E-state index contributed by atoms with van der Waals surface area (Å²) in [5.41, 5.74) is 5.61. The lowest BCUT2D eigenvalue weighted by Gasteiger charge is -2.03. The molecule has 20 heavy (non-hydrogen) atoms. The Balaban J connectivity index is 2.10. The minimum absolute atomic E-state index is 0.600. The lowest BCUT2D eigenvalue weighted by atomic mass is 10.0. The van der Waals surface area contributed by atoms with Gasteiger partial charge in [-0.1, -0.05) is 47.5 Å². The van der Waals surface area contributed by atoms with Crippen molar-refractivity contribution in [2.45, 2.75) is 19.3 Å². The van der Waals surface area contributed by atoms with Crippen molar-refractivity contribution in [1.82, 2.24) is 9.38 Å². The molecule has 0 atom stereocenters. The number of pyridine rings is 1. The summed E-state index contributed by atoms with van der Waals surface area (Å²) in [6, 6.07) is 10.2. The molecule has 0 N–H and O–H groups in total. The number of nitrogens with zero attached hydrogens (tertiary/aromatic N) is 2. The van der Waals surface area contributed by atoms with Gasteiger partial charge < -0.3 is 4.40 Å². The second-order valence-electron chi connectivity index (χ2n) is 5.12. The van der Waals surface area contributed by atoms with Crippen LogP contribution in [0.25, 0.3) is 16.9 Å². The molecule has 4 rings (SSSR count). The van der Waals surface area contributed by atoms with Crippen molar-refractivity contribution >= 4 is 28.8 Å². The normalized spacial score (nSPS) is 13.9. The van der Waals surface area contributed by atoms with Crippen LogP contribution in [0.2, 0.25) is 10.0 Å². The molecule has 0 unspecified atom stereocenters. The number of aromatic nitrogens is 2. The summed E-state index contributed by atoms with van der Waals surface area (Å²) in [5, 5.41) is 1.24. The van der Waals surface area contributed by atoms with Crippen LogP contribution in [0.4, 0.5) is 0 Å². The molecule has 0 amide bonds. The standard InChI is InChI=1S/C16H12Cl2N2/c17-11-8-13(18)16-19-15-12-6-2-1-4-10(12)5-3-7-14(15)20(16)9-11/h1-2,4,6,8-9H,3,5,7H2. The van der Waals surface area contributed by atoms with Crippen LogP contribution in [0.3, 0.4) is 0 Å². The van der Waals surface area contributed by atoms with E-state index in [-0.39, 0.29) is 0 Å². The highest BCUT2D eigenvalue weighted by Gasteiger charge is 2.20. The smallest absolute Gasteiger partial charge is 0.156 e. The maximum absolute atomic E-state index is 6.28. The molecule has 3 aromatic rings. The van der Waals surface area contributed by atoms with E-state index in [4.69, 9.17) is 28.2 Å². The Morgan fingerprint density at radius 3 is 2.85 bits per heavy atom. The lowest BCUT2D eigenvalue weighted by molar-refractivity contribution is 0.805. The van der Waals surface area contributed by atoms with Gasteiger partial charge in [-0.25, -0.2) is 4.98 Å². The van der Waals surface area contributed by atoms with Crippen LogP contribution in [0.15, 0.2) is 36.5 Å².